The number of aromatic carboxylic acids is 1. The number of alkyl halides is 3. The van der Waals surface area contributed by atoms with E-state index in [1.54, 1.807) is 24.3 Å². The Balaban J connectivity index is 1.71. The number of nitrogens with zero attached hydrogens (tertiary/aromatic N) is 2. The van der Waals surface area contributed by atoms with Gasteiger partial charge in [-0.05, 0) is 55.8 Å². The number of benzene rings is 2. The molecule has 0 bridgehead atoms. The van der Waals surface area contributed by atoms with Gasteiger partial charge in [-0.3, -0.25) is 0 Å². The van der Waals surface area contributed by atoms with Crippen molar-refractivity contribution in [2.75, 3.05) is 5.32 Å². The van der Waals surface area contributed by atoms with Crippen LogP contribution < -0.4 is 10.1 Å². The molecule has 3 aromatic rings. The Labute approximate surface area is 186 Å². The van der Waals surface area contributed by atoms with Crippen molar-refractivity contribution in [3.05, 3.63) is 66.1 Å². The number of rotatable bonds is 7. The lowest BCUT2D eigenvalue weighted by molar-refractivity contribution is -0.274. The number of amides is 2. The fraction of sp³-hybridized carbons (Fsp3) is 0.227. The fourth-order valence-corrected chi connectivity index (χ4v) is 2.93. The molecule has 0 aliphatic heterocycles. The zero-order valence-electron chi connectivity index (χ0n) is 17.6. The largest absolute Gasteiger partial charge is 0.573 e. The van der Waals surface area contributed by atoms with E-state index in [9.17, 15) is 22.8 Å². The van der Waals surface area contributed by atoms with Crippen molar-refractivity contribution in [1.29, 1.82) is 0 Å². The number of carbonyl (C=O) groups is 2. The summed E-state index contributed by atoms with van der Waals surface area (Å²) in [6, 6.07) is 11.1. The highest BCUT2D eigenvalue weighted by atomic mass is 19.4. The molecule has 2 aromatic carbocycles. The van der Waals surface area contributed by atoms with Gasteiger partial charge in [-0.2, -0.15) is 0 Å². The van der Waals surface area contributed by atoms with Gasteiger partial charge in [0.2, 0.25) is 5.89 Å². The first kappa shape index (κ1) is 23.6. The maximum absolute atomic E-state index is 12.8. The minimum Gasteiger partial charge on any atom is -0.476 e. The smallest absolute Gasteiger partial charge is 0.476 e. The van der Waals surface area contributed by atoms with Crippen LogP contribution in [0.3, 0.4) is 0 Å². The molecule has 0 unspecified atom stereocenters. The van der Waals surface area contributed by atoms with E-state index in [1.165, 1.54) is 17.0 Å². The number of oxazole rings is 1. The summed E-state index contributed by atoms with van der Waals surface area (Å²) >= 11 is 0. The minimum atomic E-state index is -4.80. The number of hydrogen-bond acceptors (Lipinski definition) is 5. The molecule has 33 heavy (non-hydrogen) atoms. The molecule has 1 aromatic heterocycles. The zero-order valence-corrected chi connectivity index (χ0v) is 17.6. The quantitative estimate of drug-likeness (QED) is 0.487. The van der Waals surface area contributed by atoms with Gasteiger partial charge < -0.3 is 24.5 Å². The van der Waals surface area contributed by atoms with Crippen molar-refractivity contribution < 1.29 is 37.0 Å². The number of hydrogen-bond donors (Lipinski definition) is 2. The second-order valence-electron chi connectivity index (χ2n) is 7.27. The molecule has 11 heteroatoms. The molecule has 0 radical (unpaired) electrons. The number of urea groups is 1. The van der Waals surface area contributed by atoms with E-state index in [4.69, 9.17) is 9.52 Å². The normalized spacial score (nSPS) is 11.3. The summed E-state index contributed by atoms with van der Waals surface area (Å²) in [6.45, 7) is 3.84. The lowest BCUT2D eigenvalue weighted by Crippen LogP contribution is -2.39. The molecule has 2 amide bonds. The van der Waals surface area contributed by atoms with Crippen molar-refractivity contribution in [2.24, 2.45) is 0 Å². The molecular formula is C22H20F3N3O5. The summed E-state index contributed by atoms with van der Waals surface area (Å²) in [6.07, 6.45) is -3.75. The molecule has 2 N–H and O–H groups in total. The summed E-state index contributed by atoms with van der Waals surface area (Å²) in [5, 5.41) is 11.6. The van der Waals surface area contributed by atoms with Crippen molar-refractivity contribution in [2.45, 2.75) is 32.8 Å². The van der Waals surface area contributed by atoms with E-state index in [0.717, 1.165) is 24.0 Å². The molecule has 3 rings (SSSR count). The summed E-state index contributed by atoms with van der Waals surface area (Å²) < 4.78 is 45.9. The first-order chi connectivity index (χ1) is 15.5. The Morgan fingerprint density at radius 2 is 1.88 bits per heavy atom. The first-order valence-corrected chi connectivity index (χ1v) is 9.73. The highest BCUT2D eigenvalue weighted by Crippen LogP contribution is 2.25. The van der Waals surface area contributed by atoms with Crippen molar-refractivity contribution in [1.82, 2.24) is 9.88 Å². The number of carboxylic acids is 1. The maximum Gasteiger partial charge on any atom is 0.573 e. The number of aromatic nitrogens is 1. The summed E-state index contributed by atoms with van der Waals surface area (Å²) in [7, 11) is 0. The predicted molar refractivity (Wildman–Crippen MR) is 112 cm³/mol. The average molecular weight is 463 g/mol. The number of halogens is 3. The number of anilines is 1. The average Bonchev–Trinajstić information content (AvgIpc) is 3.23. The Kier molecular flexibility index (Phi) is 6.90. The van der Waals surface area contributed by atoms with Crippen LogP contribution in [-0.2, 0) is 6.54 Å². The second kappa shape index (κ2) is 9.63. The molecule has 174 valence electrons. The van der Waals surface area contributed by atoms with Crippen molar-refractivity contribution >= 4 is 17.7 Å². The molecule has 0 atom stereocenters. The molecule has 0 saturated carbocycles. The van der Waals surface area contributed by atoms with E-state index < -0.39 is 24.1 Å². The van der Waals surface area contributed by atoms with Crippen LogP contribution in [0.1, 0.15) is 29.9 Å². The Hall–Kier alpha value is -4.02. The van der Waals surface area contributed by atoms with Gasteiger partial charge in [0.25, 0.3) is 0 Å². The standard InChI is InChI=1S/C22H20F3N3O5/c1-13(2)28(21(31)26-16-6-8-17(9-7-16)33-22(23,24)25)11-14-4-3-5-15(10-14)19-27-18(12-32-19)20(29)30/h3-10,12-13H,11H2,1-2H3,(H,26,31)(H,29,30). The van der Waals surface area contributed by atoms with Crippen molar-refractivity contribution in [3.63, 3.8) is 0 Å². The van der Waals surface area contributed by atoms with E-state index in [-0.39, 0.29) is 24.2 Å². The predicted octanol–water partition coefficient (Wildman–Crippen LogP) is 5.38. The van der Waals surface area contributed by atoms with Gasteiger partial charge in [0, 0.05) is 23.8 Å². The van der Waals surface area contributed by atoms with Crippen LogP contribution in [0.5, 0.6) is 5.75 Å². The van der Waals surface area contributed by atoms with Gasteiger partial charge in [-0.15, -0.1) is 13.2 Å². The number of carboxylic acid groups (broad SMARTS) is 1. The molecular weight excluding hydrogens is 443 g/mol. The lowest BCUT2D eigenvalue weighted by Gasteiger charge is -2.27. The zero-order chi connectivity index (χ0) is 24.2. The van der Waals surface area contributed by atoms with E-state index in [2.05, 4.69) is 15.0 Å². The number of nitrogens with one attached hydrogen (secondary N) is 1. The molecule has 0 aliphatic carbocycles. The SMILES string of the molecule is CC(C)N(Cc1cccc(-c2nc(C(=O)O)co2)c1)C(=O)Nc1ccc(OC(F)(F)F)cc1. The summed E-state index contributed by atoms with van der Waals surface area (Å²) in [4.78, 5) is 29.3. The van der Waals surface area contributed by atoms with Crippen LogP contribution in [0.2, 0.25) is 0 Å². The molecule has 0 fully saturated rings. The van der Waals surface area contributed by atoms with Crippen LogP contribution >= 0.6 is 0 Å². The maximum atomic E-state index is 12.8. The number of ether oxygens (including phenoxy) is 1. The van der Waals surface area contributed by atoms with Crippen LogP contribution in [0.25, 0.3) is 11.5 Å². The van der Waals surface area contributed by atoms with Gasteiger partial charge in [0.15, 0.2) is 5.69 Å². The van der Waals surface area contributed by atoms with Crippen LogP contribution in [0.4, 0.5) is 23.7 Å². The van der Waals surface area contributed by atoms with E-state index in [1.807, 2.05) is 13.8 Å². The van der Waals surface area contributed by atoms with Gasteiger partial charge >= 0.3 is 18.4 Å². The lowest BCUT2D eigenvalue weighted by atomic mass is 10.1. The minimum absolute atomic E-state index is 0.135. The van der Waals surface area contributed by atoms with E-state index in [0.29, 0.717) is 11.3 Å². The number of carbonyl (C=O) groups excluding carboxylic acids is 1. The first-order valence-electron chi connectivity index (χ1n) is 9.73. The summed E-state index contributed by atoms with van der Waals surface area (Å²) in [5.74, 6) is -1.46. The van der Waals surface area contributed by atoms with Gasteiger partial charge in [-0.1, -0.05) is 12.1 Å². The van der Waals surface area contributed by atoms with Gasteiger partial charge in [0.05, 0.1) is 0 Å². The highest BCUT2D eigenvalue weighted by Gasteiger charge is 2.31. The van der Waals surface area contributed by atoms with Crippen LogP contribution in [0, 0.1) is 0 Å². The second-order valence-corrected chi connectivity index (χ2v) is 7.27. The topological polar surface area (TPSA) is 105 Å². The van der Waals surface area contributed by atoms with Crippen molar-refractivity contribution in [3.8, 4) is 17.2 Å². The molecule has 8 nitrogen and oxygen atoms in total. The fourth-order valence-electron chi connectivity index (χ4n) is 2.93. The highest BCUT2D eigenvalue weighted by molar-refractivity contribution is 5.89. The molecule has 0 saturated heterocycles. The Bertz CT molecular complexity index is 1130. The summed E-state index contributed by atoms with van der Waals surface area (Å²) in [5.41, 5.74) is 1.37. The van der Waals surface area contributed by atoms with Gasteiger partial charge in [-0.25, -0.2) is 14.6 Å². The Morgan fingerprint density at radius 3 is 2.45 bits per heavy atom. The Morgan fingerprint density at radius 1 is 1.18 bits per heavy atom. The van der Waals surface area contributed by atoms with Crippen LogP contribution in [-0.4, -0.2) is 39.4 Å². The van der Waals surface area contributed by atoms with Crippen LogP contribution in [0.15, 0.2) is 59.2 Å². The third kappa shape index (κ3) is 6.48. The molecule has 0 spiro atoms. The third-order valence-corrected chi connectivity index (χ3v) is 4.47. The monoisotopic (exact) mass is 463 g/mol. The van der Waals surface area contributed by atoms with Gasteiger partial charge in [0.1, 0.15) is 12.0 Å². The third-order valence-electron chi connectivity index (χ3n) is 4.47. The molecule has 0 aliphatic rings. The molecule has 1 heterocycles. The van der Waals surface area contributed by atoms with E-state index >= 15 is 0 Å².